The summed E-state index contributed by atoms with van der Waals surface area (Å²) in [5, 5.41) is 1.03. The van der Waals surface area contributed by atoms with E-state index in [4.69, 9.17) is 14.2 Å². The van der Waals surface area contributed by atoms with Gasteiger partial charge in [0.05, 0.1) is 24.3 Å². The van der Waals surface area contributed by atoms with Crippen LogP contribution in [0.3, 0.4) is 0 Å². The highest BCUT2D eigenvalue weighted by Crippen LogP contribution is 2.41. The van der Waals surface area contributed by atoms with Crippen molar-refractivity contribution in [3.05, 3.63) is 59.9 Å². The van der Waals surface area contributed by atoms with Crippen LogP contribution in [-0.4, -0.2) is 17.8 Å². The highest BCUT2D eigenvalue weighted by molar-refractivity contribution is 5.87. The second kappa shape index (κ2) is 5.68. The molecule has 2 heterocycles. The Labute approximate surface area is 133 Å². The van der Waals surface area contributed by atoms with Crippen molar-refractivity contribution < 1.29 is 18.6 Å². The van der Waals surface area contributed by atoms with Gasteiger partial charge >= 0.3 is 0 Å². The minimum absolute atomic E-state index is 0.294. The zero-order valence-electron chi connectivity index (χ0n) is 12.7. The molecule has 5 heteroatoms. The number of aryl methyl sites for hydroxylation is 1. The number of benzene rings is 2. The van der Waals surface area contributed by atoms with Crippen LogP contribution in [0.1, 0.15) is 11.9 Å². The first-order valence-corrected chi connectivity index (χ1v) is 7.48. The Bertz CT molecular complexity index is 835. The molecule has 1 aromatic heterocycles. The number of para-hydroxylation sites is 1. The molecule has 1 fully saturated rings. The molecule has 0 N–H and O–H groups in total. The van der Waals surface area contributed by atoms with E-state index in [9.17, 15) is 4.39 Å². The summed E-state index contributed by atoms with van der Waals surface area (Å²) in [6.07, 6.45) is -0.448. The van der Waals surface area contributed by atoms with Crippen LogP contribution in [-0.2, 0) is 16.5 Å². The van der Waals surface area contributed by atoms with Gasteiger partial charge in [0.15, 0.2) is 6.29 Å². The van der Waals surface area contributed by atoms with Crippen molar-refractivity contribution in [1.29, 1.82) is 0 Å². The molecule has 1 aliphatic rings. The zero-order valence-corrected chi connectivity index (χ0v) is 12.7. The van der Waals surface area contributed by atoms with Gasteiger partial charge in [-0.2, -0.15) is 0 Å². The number of aromatic nitrogens is 1. The van der Waals surface area contributed by atoms with Crippen molar-refractivity contribution in [2.75, 3.05) is 13.2 Å². The third kappa shape index (κ3) is 2.48. The summed E-state index contributed by atoms with van der Waals surface area (Å²) in [4.78, 5) is 0. The molecular formula is C18H16FNO3. The predicted molar refractivity (Wildman–Crippen MR) is 84.0 cm³/mol. The topological polar surface area (TPSA) is 32.6 Å². The van der Waals surface area contributed by atoms with E-state index in [0.29, 0.717) is 24.8 Å². The molecule has 118 valence electrons. The maximum atomic E-state index is 13.1. The summed E-state index contributed by atoms with van der Waals surface area (Å²) in [7, 11) is 1.93. The summed E-state index contributed by atoms with van der Waals surface area (Å²) in [6.45, 7) is 1.12. The Kier molecular flexibility index (Phi) is 3.52. The first-order valence-electron chi connectivity index (χ1n) is 7.48. The fourth-order valence-corrected chi connectivity index (χ4v) is 2.89. The third-order valence-corrected chi connectivity index (χ3v) is 3.98. The molecule has 23 heavy (non-hydrogen) atoms. The van der Waals surface area contributed by atoms with Crippen LogP contribution >= 0.6 is 0 Å². The Morgan fingerprint density at radius 3 is 2.48 bits per heavy atom. The molecule has 4 nitrogen and oxygen atoms in total. The highest BCUT2D eigenvalue weighted by Gasteiger charge is 2.28. The molecule has 0 saturated carbocycles. The van der Waals surface area contributed by atoms with E-state index in [1.807, 2.05) is 35.9 Å². The first kappa shape index (κ1) is 14.2. The molecule has 3 aromatic rings. The van der Waals surface area contributed by atoms with Gasteiger partial charge in [0.25, 0.3) is 0 Å². The lowest BCUT2D eigenvalue weighted by molar-refractivity contribution is -0.0443. The fraction of sp³-hybridized carbons (Fsp3) is 0.222. The summed E-state index contributed by atoms with van der Waals surface area (Å²) < 4.78 is 32.4. The Balaban J connectivity index is 1.85. The van der Waals surface area contributed by atoms with Crippen LogP contribution in [0, 0.1) is 5.82 Å². The molecule has 0 bridgehead atoms. The number of hydrogen-bond acceptors (Lipinski definition) is 3. The van der Waals surface area contributed by atoms with Crippen molar-refractivity contribution in [2.45, 2.75) is 6.29 Å². The van der Waals surface area contributed by atoms with E-state index in [-0.39, 0.29) is 5.82 Å². The van der Waals surface area contributed by atoms with Gasteiger partial charge < -0.3 is 18.8 Å². The predicted octanol–water partition coefficient (Wildman–Crippen LogP) is 4.16. The molecule has 0 aliphatic carbocycles. The summed E-state index contributed by atoms with van der Waals surface area (Å²) in [6, 6.07) is 14.0. The largest absolute Gasteiger partial charge is 0.440 e. The summed E-state index contributed by atoms with van der Waals surface area (Å²) in [5.74, 6) is 0.915. The molecule has 2 aromatic carbocycles. The van der Waals surface area contributed by atoms with Crippen LogP contribution in [0.25, 0.3) is 10.9 Å². The van der Waals surface area contributed by atoms with Gasteiger partial charge in [0.1, 0.15) is 11.6 Å². The maximum Gasteiger partial charge on any atom is 0.209 e. The average Bonchev–Trinajstić information content (AvgIpc) is 3.18. The lowest BCUT2D eigenvalue weighted by atomic mass is 10.1. The number of rotatable bonds is 3. The van der Waals surface area contributed by atoms with Crippen molar-refractivity contribution in [3.8, 4) is 11.6 Å². The van der Waals surface area contributed by atoms with Crippen LogP contribution in [0.15, 0.2) is 48.5 Å². The zero-order chi connectivity index (χ0) is 15.8. The number of halogens is 1. The van der Waals surface area contributed by atoms with Crippen LogP contribution < -0.4 is 4.74 Å². The van der Waals surface area contributed by atoms with E-state index in [1.165, 1.54) is 12.1 Å². The van der Waals surface area contributed by atoms with Crippen molar-refractivity contribution in [3.63, 3.8) is 0 Å². The molecule has 0 unspecified atom stereocenters. The van der Waals surface area contributed by atoms with Crippen molar-refractivity contribution in [1.82, 2.24) is 4.57 Å². The van der Waals surface area contributed by atoms with E-state index in [1.54, 1.807) is 12.1 Å². The molecule has 0 spiro atoms. The standard InChI is InChI=1S/C18H16FNO3/c1-20-15-5-3-2-4-14(15)16(18-21-10-11-22-18)17(20)23-13-8-6-12(19)7-9-13/h2-9,18H,10-11H2,1H3. The molecule has 0 atom stereocenters. The van der Waals surface area contributed by atoms with E-state index < -0.39 is 6.29 Å². The highest BCUT2D eigenvalue weighted by atomic mass is 19.1. The summed E-state index contributed by atoms with van der Waals surface area (Å²) >= 11 is 0. The SMILES string of the molecule is Cn1c(Oc2ccc(F)cc2)c(C2OCCO2)c2ccccc21. The molecule has 0 amide bonds. The van der Waals surface area contributed by atoms with Crippen LogP contribution in [0.2, 0.25) is 0 Å². The van der Waals surface area contributed by atoms with Gasteiger partial charge in [0.2, 0.25) is 5.88 Å². The normalized spacial score (nSPS) is 15.4. The van der Waals surface area contributed by atoms with Crippen LogP contribution in [0.5, 0.6) is 11.6 Å². The van der Waals surface area contributed by atoms with Gasteiger partial charge in [-0.15, -0.1) is 0 Å². The van der Waals surface area contributed by atoms with Crippen molar-refractivity contribution in [2.24, 2.45) is 7.05 Å². The Hall–Kier alpha value is -2.37. The van der Waals surface area contributed by atoms with Crippen molar-refractivity contribution >= 4 is 10.9 Å². The maximum absolute atomic E-state index is 13.1. The molecule has 1 saturated heterocycles. The van der Waals surface area contributed by atoms with Gasteiger partial charge in [-0.1, -0.05) is 18.2 Å². The molecule has 1 aliphatic heterocycles. The Morgan fingerprint density at radius 2 is 1.74 bits per heavy atom. The average molecular weight is 313 g/mol. The number of hydrogen-bond donors (Lipinski definition) is 0. The monoisotopic (exact) mass is 313 g/mol. The van der Waals surface area contributed by atoms with Gasteiger partial charge in [-0.25, -0.2) is 4.39 Å². The van der Waals surface area contributed by atoms with Gasteiger partial charge in [0, 0.05) is 12.4 Å². The van der Waals surface area contributed by atoms with Crippen LogP contribution in [0.4, 0.5) is 4.39 Å². The molecular weight excluding hydrogens is 297 g/mol. The first-order chi connectivity index (χ1) is 11.2. The van der Waals surface area contributed by atoms with Gasteiger partial charge in [-0.3, -0.25) is 0 Å². The van der Waals surface area contributed by atoms with E-state index in [2.05, 4.69) is 0 Å². The number of nitrogens with zero attached hydrogens (tertiary/aromatic N) is 1. The third-order valence-electron chi connectivity index (χ3n) is 3.98. The fourth-order valence-electron chi connectivity index (χ4n) is 2.89. The number of fused-ring (bicyclic) bond motifs is 1. The smallest absolute Gasteiger partial charge is 0.209 e. The second-order valence-electron chi connectivity index (χ2n) is 5.42. The van der Waals surface area contributed by atoms with E-state index >= 15 is 0 Å². The van der Waals surface area contributed by atoms with E-state index in [0.717, 1.165) is 16.5 Å². The molecule has 0 radical (unpaired) electrons. The Morgan fingerprint density at radius 1 is 1.04 bits per heavy atom. The van der Waals surface area contributed by atoms with Gasteiger partial charge in [-0.05, 0) is 30.3 Å². The lowest BCUT2D eigenvalue weighted by Gasteiger charge is -2.13. The molecule has 4 rings (SSSR count). The number of ether oxygens (including phenoxy) is 3. The lowest BCUT2D eigenvalue weighted by Crippen LogP contribution is -2.02. The minimum Gasteiger partial charge on any atom is -0.440 e. The quantitative estimate of drug-likeness (QED) is 0.728. The second-order valence-corrected chi connectivity index (χ2v) is 5.42. The summed E-state index contributed by atoms with van der Waals surface area (Å²) in [5.41, 5.74) is 1.89. The minimum atomic E-state index is -0.448.